The molecule has 1 aromatic heterocycles. The average Bonchev–Trinajstić information content (AvgIpc) is 3.40. The second-order valence-electron chi connectivity index (χ2n) is 8.40. The maximum atomic E-state index is 12.7. The van der Waals surface area contributed by atoms with E-state index < -0.39 is 29.6 Å². The summed E-state index contributed by atoms with van der Waals surface area (Å²) in [4.78, 5) is 29.3. The summed E-state index contributed by atoms with van der Waals surface area (Å²) in [6.45, 7) is 2.51. The Kier molecular flexibility index (Phi) is 5.48. The lowest BCUT2D eigenvalue weighted by molar-refractivity contribution is -0.210. The van der Waals surface area contributed by atoms with E-state index in [1.807, 2.05) is 13.0 Å². The van der Waals surface area contributed by atoms with Gasteiger partial charge in [0, 0.05) is 37.1 Å². The van der Waals surface area contributed by atoms with Crippen molar-refractivity contribution in [2.75, 3.05) is 20.3 Å². The minimum absolute atomic E-state index is 0.00327. The molecule has 0 spiro atoms. The van der Waals surface area contributed by atoms with Crippen molar-refractivity contribution in [2.45, 2.75) is 56.8 Å². The van der Waals surface area contributed by atoms with E-state index in [-0.39, 0.29) is 12.9 Å². The van der Waals surface area contributed by atoms with Crippen molar-refractivity contribution in [3.05, 3.63) is 57.6 Å². The summed E-state index contributed by atoms with van der Waals surface area (Å²) in [5.74, 6) is -0.140. The van der Waals surface area contributed by atoms with Crippen molar-refractivity contribution < 1.29 is 28.5 Å². The Morgan fingerprint density at radius 3 is 2.84 bits per heavy atom. The minimum atomic E-state index is -0.791. The van der Waals surface area contributed by atoms with E-state index in [0.717, 1.165) is 24.1 Å². The predicted octanol–water partition coefficient (Wildman–Crippen LogP) is 2.15. The first kappa shape index (κ1) is 21.1. The van der Waals surface area contributed by atoms with Gasteiger partial charge >= 0.3 is 11.7 Å². The van der Waals surface area contributed by atoms with Gasteiger partial charge in [-0.25, -0.2) is 9.59 Å². The Hall–Kier alpha value is -2.75. The number of rotatable bonds is 6. The molecule has 2 saturated heterocycles. The highest BCUT2D eigenvalue weighted by molar-refractivity contribution is 5.89. The van der Waals surface area contributed by atoms with E-state index in [4.69, 9.17) is 23.7 Å². The van der Waals surface area contributed by atoms with Crippen LogP contribution in [-0.4, -0.2) is 53.8 Å². The summed E-state index contributed by atoms with van der Waals surface area (Å²) in [7, 11) is 1.49. The first-order chi connectivity index (χ1) is 15.5. The zero-order valence-electron chi connectivity index (χ0n) is 18.1. The zero-order valence-corrected chi connectivity index (χ0v) is 18.1. The van der Waals surface area contributed by atoms with Crippen LogP contribution in [0.15, 0.2) is 35.1 Å². The van der Waals surface area contributed by atoms with Crippen molar-refractivity contribution in [1.82, 2.24) is 9.55 Å². The van der Waals surface area contributed by atoms with Crippen LogP contribution in [0.1, 0.15) is 47.1 Å². The van der Waals surface area contributed by atoms with Gasteiger partial charge in [0.15, 0.2) is 6.29 Å². The van der Waals surface area contributed by atoms with Crippen LogP contribution in [0, 0.1) is 6.92 Å². The van der Waals surface area contributed by atoms with Crippen LogP contribution >= 0.6 is 0 Å². The van der Waals surface area contributed by atoms with Crippen LogP contribution < -0.4 is 10.4 Å². The molecule has 170 valence electrons. The number of nitrogens with zero attached hydrogens (tertiary/aromatic N) is 2. The van der Waals surface area contributed by atoms with Gasteiger partial charge in [0.1, 0.15) is 24.5 Å². The Morgan fingerprint density at radius 2 is 2.12 bits per heavy atom. The number of hydrogen-bond donors (Lipinski definition) is 0. The van der Waals surface area contributed by atoms with E-state index in [2.05, 4.69) is 4.98 Å². The third-order valence-corrected chi connectivity index (χ3v) is 6.45. The summed E-state index contributed by atoms with van der Waals surface area (Å²) in [6.07, 6.45) is 1.07. The molecular formula is C23H26N2O7. The fourth-order valence-corrected chi connectivity index (χ4v) is 4.84. The third-order valence-electron chi connectivity index (χ3n) is 6.45. The summed E-state index contributed by atoms with van der Waals surface area (Å²) in [5, 5.41) is 0. The molecule has 32 heavy (non-hydrogen) atoms. The number of carbonyl (C=O) groups is 1. The van der Waals surface area contributed by atoms with E-state index in [0.29, 0.717) is 30.9 Å². The summed E-state index contributed by atoms with van der Waals surface area (Å²) < 4.78 is 30.9. The summed E-state index contributed by atoms with van der Waals surface area (Å²) in [5.41, 5.74) is 0.766. The maximum absolute atomic E-state index is 12.7. The number of carbonyl (C=O) groups excluding carboxylic acids is 1. The lowest BCUT2D eigenvalue weighted by Crippen LogP contribution is -2.50. The van der Waals surface area contributed by atoms with E-state index in [1.54, 1.807) is 28.8 Å². The van der Waals surface area contributed by atoms with Gasteiger partial charge in [-0.05, 0) is 25.5 Å². The van der Waals surface area contributed by atoms with Crippen molar-refractivity contribution in [3.8, 4) is 5.88 Å². The molecule has 3 aliphatic heterocycles. The molecule has 0 amide bonds. The molecule has 2 bridgehead atoms. The molecule has 9 heteroatoms. The van der Waals surface area contributed by atoms with E-state index in [1.165, 1.54) is 7.11 Å². The van der Waals surface area contributed by atoms with Gasteiger partial charge in [-0.1, -0.05) is 18.2 Å². The average molecular weight is 442 g/mol. The molecule has 0 N–H and O–H groups in total. The molecular weight excluding hydrogens is 416 g/mol. The Bertz CT molecular complexity index is 1060. The molecule has 0 saturated carbocycles. The molecule has 4 heterocycles. The number of hydrogen-bond acceptors (Lipinski definition) is 8. The second-order valence-corrected chi connectivity index (χ2v) is 8.40. The highest BCUT2D eigenvalue weighted by atomic mass is 16.7. The second kappa shape index (κ2) is 8.31. The van der Waals surface area contributed by atoms with Gasteiger partial charge in [0.25, 0.3) is 0 Å². The van der Waals surface area contributed by atoms with Gasteiger partial charge in [0.2, 0.25) is 5.88 Å². The van der Waals surface area contributed by atoms with Gasteiger partial charge in [-0.2, -0.15) is 4.98 Å². The number of esters is 1. The topological polar surface area (TPSA) is 98.1 Å². The number of benzene rings is 1. The smallest absolute Gasteiger partial charge is 0.353 e. The van der Waals surface area contributed by atoms with Crippen LogP contribution in [0.3, 0.4) is 0 Å². The van der Waals surface area contributed by atoms with Gasteiger partial charge in [0.05, 0.1) is 12.7 Å². The van der Waals surface area contributed by atoms with Crippen LogP contribution in [0.2, 0.25) is 0 Å². The van der Waals surface area contributed by atoms with Crippen molar-refractivity contribution >= 4 is 5.97 Å². The number of aromatic nitrogens is 2. The van der Waals surface area contributed by atoms with Crippen LogP contribution in [0.25, 0.3) is 0 Å². The van der Waals surface area contributed by atoms with Crippen molar-refractivity contribution in [1.29, 1.82) is 0 Å². The molecule has 2 fully saturated rings. The predicted molar refractivity (Wildman–Crippen MR) is 112 cm³/mol. The Labute approximate surface area is 185 Å². The van der Waals surface area contributed by atoms with E-state index >= 15 is 0 Å². The molecule has 4 atom stereocenters. The fourth-order valence-electron chi connectivity index (χ4n) is 4.84. The Balaban J connectivity index is 1.45. The van der Waals surface area contributed by atoms with Gasteiger partial charge in [-0.15, -0.1) is 0 Å². The standard InChI is InChI=1S/C23H26N2O7/c1-14-16-11-23(32-19-9-6-10-29-19)12-18(25(16)22(27)24-20(14)28-2)31-17(23)13-30-21(26)15-7-4-3-5-8-15/h3-5,7-8,17-19H,6,9-13H2,1-2H3/t17-,18-,19?,23-/m1/s1. The lowest BCUT2D eigenvalue weighted by atomic mass is 9.85. The van der Waals surface area contributed by atoms with E-state index in [9.17, 15) is 9.59 Å². The van der Waals surface area contributed by atoms with Crippen molar-refractivity contribution in [3.63, 3.8) is 0 Å². The molecule has 0 aliphatic carbocycles. The highest BCUT2D eigenvalue weighted by Gasteiger charge is 2.56. The zero-order chi connectivity index (χ0) is 22.3. The highest BCUT2D eigenvalue weighted by Crippen LogP contribution is 2.48. The number of ether oxygens (including phenoxy) is 5. The third kappa shape index (κ3) is 3.60. The molecule has 2 aromatic rings. The molecule has 5 rings (SSSR count). The Morgan fingerprint density at radius 1 is 1.31 bits per heavy atom. The molecule has 9 nitrogen and oxygen atoms in total. The minimum Gasteiger partial charge on any atom is -0.481 e. The molecule has 0 radical (unpaired) electrons. The number of fused-ring (bicyclic) bond motifs is 4. The summed E-state index contributed by atoms with van der Waals surface area (Å²) in [6, 6.07) is 8.80. The van der Waals surface area contributed by atoms with Crippen LogP contribution in [-0.2, 0) is 25.4 Å². The molecule has 3 aliphatic rings. The largest absolute Gasteiger partial charge is 0.481 e. The quantitative estimate of drug-likeness (QED) is 0.628. The van der Waals surface area contributed by atoms with Crippen LogP contribution in [0.4, 0.5) is 0 Å². The van der Waals surface area contributed by atoms with Gasteiger partial charge < -0.3 is 23.7 Å². The fraction of sp³-hybridized carbons (Fsp3) is 0.522. The van der Waals surface area contributed by atoms with Crippen molar-refractivity contribution in [2.24, 2.45) is 0 Å². The van der Waals surface area contributed by atoms with Gasteiger partial charge in [-0.3, -0.25) is 4.57 Å². The SMILES string of the molecule is COc1nc(=O)n2c(c1C)C[C@@]1(OC3CCCO3)C[C@H]2O[C@@H]1COC(=O)c1ccccc1. The summed E-state index contributed by atoms with van der Waals surface area (Å²) >= 11 is 0. The first-order valence-electron chi connectivity index (χ1n) is 10.8. The first-order valence-corrected chi connectivity index (χ1v) is 10.8. The lowest BCUT2D eigenvalue weighted by Gasteiger charge is -2.38. The maximum Gasteiger partial charge on any atom is 0.353 e. The van der Waals surface area contributed by atoms with Crippen LogP contribution in [0.5, 0.6) is 5.88 Å². The molecule has 1 aromatic carbocycles. The molecule has 1 unspecified atom stereocenters. The number of methoxy groups -OCH3 is 1. The monoisotopic (exact) mass is 442 g/mol. The normalized spacial score (nSPS) is 28.4.